The van der Waals surface area contributed by atoms with E-state index in [4.69, 9.17) is 11.6 Å². The Kier molecular flexibility index (Phi) is 6.30. The molecule has 1 aliphatic heterocycles. The number of rotatable bonds is 3. The molecule has 0 aliphatic carbocycles. The van der Waals surface area contributed by atoms with Crippen LogP contribution < -0.4 is 15.5 Å². The van der Waals surface area contributed by atoms with Gasteiger partial charge < -0.3 is 15.5 Å². The first kappa shape index (κ1) is 23.3. The van der Waals surface area contributed by atoms with Gasteiger partial charge in [-0.15, -0.1) is 0 Å². The Morgan fingerprint density at radius 3 is 2.38 bits per heavy atom. The maximum Gasteiger partial charge on any atom is 0.416 e. The van der Waals surface area contributed by atoms with Gasteiger partial charge in [-0.3, -0.25) is 4.79 Å². The number of hydrogen-bond donors (Lipinski definition) is 2. The van der Waals surface area contributed by atoms with Crippen molar-refractivity contribution in [2.24, 2.45) is 4.99 Å². The Balaban J connectivity index is 1.64. The second-order valence-corrected chi connectivity index (χ2v) is 7.86. The molecule has 1 aliphatic rings. The molecule has 0 radical (unpaired) electrons. The highest BCUT2D eigenvalue weighted by molar-refractivity contribution is 6.33. The van der Waals surface area contributed by atoms with E-state index in [0.717, 1.165) is 17.7 Å². The van der Waals surface area contributed by atoms with Crippen LogP contribution in [-0.2, 0) is 11.0 Å². The lowest BCUT2D eigenvalue weighted by Crippen LogP contribution is -2.47. The lowest BCUT2D eigenvalue weighted by atomic mass is 10.0. The first-order valence-corrected chi connectivity index (χ1v) is 10.5. The SMILES string of the molecule is CN1C(=O)C(NC(=O)Nc2ccc(C(F)(F)F)cc2Cl)N=C(c2ccccc2)c2ccccc21. The van der Waals surface area contributed by atoms with Gasteiger partial charge in [0.1, 0.15) is 0 Å². The Morgan fingerprint density at radius 2 is 1.71 bits per heavy atom. The Morgan fingerprint density at radius 1 is 1.03 bits per heavy atom. The largest absolute Gasteiger partial charge is 0.416 e. The fraction of sp³-hybridized carbons (Fsp3) is 0.125. The van der Waals surface area contributed by atoms with Crippen LogP contribution in [0.2, 0.25) is 5.02 Å². The highest BCUT2D eigenvalue weighted by Gasteiger charge is 2.32. The van der Waals surface area contributed by atoms with Crippen LogP contribution in [0.4, 0.5) is 29.3 Å². The van der Waals surface area contributed by atoms with Gasteiger partial charge in [0.15, 0.2) is 0 Å². The zero-order valence-electron chi connectivity index (χ0n) is 17.7. The molecule has 0 aromatic heterocycles. The lowest BCUT2D eigenvalue weighted by Gasteiger charge is -2.21. The van der Waals surface area contributed by atoms with E-state index in [9.17, 15) is 22.8 Å². The molecule has 3 amide bonds. The number of alkyl halides is 3. The molecule has 1 heterocycles. The van der Waals surface area contributed by atoms with Gasteiger partial charge in [-0.2, -0.15) is 13.2 Å². The van der Waals surface area contributed by atoms with Gasteiger partial charge in [0.25, 0.3) is 5.91 Å². The summed E-state index contributed by atoms with van der Waals surface area (Å²) in [5, 5.41) is 4.57. The van der Waals surface area contributed by atoms with Gasteiger partial charge in [0.05, 0.1) is 27.7 Å². The van der Waals surface area contributed by atoms with Gasteiger partial charge in [-0.25, -0.2) is 9.79 Å². The van der Waals surface area contributed by atoms with E-state index >= 15 is 0 Å². The van der Waals surface area contributed by atoms with Crippen molar-refractivity contribution >= 4 is 40.6 Å². The molecule has 0 saturated heterocycles. The van der Waals surface area contributed by atoms with Gasteiger partial charge in [-0.05, 0) is 24.3 Å². The van der Waals surface area contributed by atoms with Crippen molar-refractivity contribution in [2.45, 2.75) is 12.3 Å². The highest BCUT2D eigenvalue weighted by Crippen LogP contribution is 2.34. The molecule has 3 aromatic rings. The number of likely N-dealkylation sites (N-methyl/N-ethyl adjacent to an activating group) is 1. The predicted molar refractivity (Wildman–Crippen MR) is 124 cm³/mol. The summed E-state index contributed by atoms with van der Waals surface area (Å²) in [4.78, 5) is 31.7. The number of benzene rings is 3. The number of anilines is 2. The Labute approximate surface area is 198 Å². The standard InChI is InChI=1S/C24H18ClF3N4O2/c1-32-19-10-6-5-9-16(19)20(14-7-3-2-4-8-14)30-21(22(32)33)31-23(34)29-18-12-11-15(13-17(18)25)24(26,27)28/h2-13,21H,1H3,(H2,29,31,34). The molecule has 6 nitrogen and oxygen atoms in total. The van der Waals surface area contributed by atoms with Gasteiger partial charge in [0.2, 0.25) is 6.17 Å². The van der Waals surface area contributed by atoms with Crippen molar-refractivity contribution in [1.29, 1.82) is 0 Å². The second kappa shape index (κ2) is 9.18. The van der Waals surface area contributed by atoms with Gasteiger partial charge in [-0.1, -0.05) is 60.1 Å². The van der Waals surface area contributed by atoms with Crippen molar-refractivity contribution in [3.05, 3.63) is 94.5 Å². The molecule has 174 valence electrons. The number of nitrogens with zero attached hydrogens (tertiary/aromatic N) is 2. The fourth-order valence-corrected chi connectivity index (χ4v) is 3.75. The molecule has 0 saturated carbocycles. The summed E-state index contributed by atoms with van der Waals surface area (Å²) in [6.45, 7) is 0. The monoisotopic (exact) mass is 486 g/mol. The third-order valence-electron chi connectivity index (χ3n) is 5.20. The van der Waals surface area contributed by atoms with Crippen molar-refractivity contribution in [1.82, 2.24) is 5.32 Å². The number of urea groups is 1. The Hall–Kier alpha value is -3.85. The minimum Gasteiger partial charge on any atom is -0.311 e. The topological polar surface area (TPSA) is 73.8 Å². The average molecular weight is 487 g/mol. The number of carbonyl (C=O) groups is 2. The van der Waals surface area contributed by atoms with E-state index in [1.807, 2.05) is 42.5 Å². The van der Waals surface area contributed by atoms with Crippen LogP contribution in [0.15, 0.2) is 77.8 Å². The van der Waals surface area contributed by atoms with Crippen molar-refractivity contribution in [2.75, 3.05) is 17.3 Å². The molecule has 34 heavy (non-hydrogen) atoms. The van der Waals surface area contributed by atoms with Crippen LogP contribution in [-0.4, -0.2) is 30.9 Å². The third-order valence-corrected chi connectivity index (χ3v) is 5.52. The quantitative estimate of drug-likeness (QED) is 0.526. The lowest BCUT2D eigenvalue weighted by molar-refractivity contribution is -0.137. The molecular weight excluding hydrogens is 469 g/mol. The smallest absolute Gasteiger partial charge is 0.311 e. The number of aliphatic imine (C=N–C) groups is 1. The van der Waals surface area contributed by atoms with Crippen molar-refractivity contribution in [3.8, 4) is 0 Å². The summed E-state index contributed by atoms with van der Waals surface area (Å²) in [7, 11) is 1.57. The third kappa shape index (κ3) is 4.74. The number of hydrogen-bond acceptors (Lipinski definition) is 3. The first-order valence-electron chi connectivity index (χ1n) is 10.1. The maximum absolute atomic E-state index is 13.1. The van der Waals surface area contributed by atoms with E-state index in [-0.39, 0.29) is 10.7 Å². The number of fused-ring (bicyclic) bond motifs is 1. The predicted octanol–water partition coefficient (Wildman–Crippen LogP) is 5.32. The number of amides is 3. The average Bonchev–Trinajstić information content (AvgIpc) is 2.91. The number of carbonyl (C=O) groups excluding carboxylic acids is 2. The van der Waals surface area contributed by atoms with Crippen LogP contribution >= 0.6 is 11.6 Å². The minimum atomic E-state index is -4.57. The molecule has 2 N–H and O–H groups in total. The summed E-state index contributed by atoms with van der Waals surface area (Å²) < 4.78 is 38.6. The van der Waals surface area contributed by atoms with E-state index in [2.05, 4.69) is 15.6 Å². The van der Waals surface area contributed by atoms with Gasteiger partial charge >= 0.3 is 12.2 Å². The van der Waals surface area contributed by atoms with Crippen LogP contribution in [0.5, 0.6) is 0 Å². The van der Waals surface area contributed by atoms with E-state index in [1.54, 1.807) is 19.2 Å². The Bertz CT molecular complexity index is 1280. The van der Waals surface area contributed by atoms with Gasteiger partial charge in [0, 0.05) is 18.2 Å². The number of halogens is 4. The highest BCUT2D eigenvalue weighted by atomic mass is 35.5. The normalized spacial score (nSPS) is 15.8. The molecule has 0 bridgehead atoms. The van der Waals surface area contributed by atoms with E-state index < -0.39 is 29.8 Å². The molecular formula is C24H18ClF3N4O2. The molecule has 0 spiro atoms. The minimum absolute atomic E-state index is 0.0443. The number of nitrogens with one attached hydrogen (secondary N) is 2. The molecule has 1 unspecified atom stereocenters. The van der Waals surface area contributed by atoms with E-state index in [0.29, 0.717) is 23.0 Å². The zero-order valence-corrected chi connectivity index (χ0v) is 18.5. The molecule has 4 rings (SSSR count). The second-order valence-electron chi connectivity index (χ2n) is 7.45. The summed E-state index contributed by atoms with van der Waals surface area (Å²) in [6.07, 6.45) is -5.86. The zero-order chi connectivity index (χ0) is 24.5. The van der Waals surface area contributed by atoms with Crippen LogP contribution in [0.1, 0.15) is 16.7 Å². The van der Waals surface area contributed by atoms with Crippen molar-refractivity contribution < 1.29 is 22.8 Å². The summed E-state index contributed by atoms with van der Waals surface area (Å²) in [5.41, 5.74) is 1.59. The van der Waals surface area contributed by atoms with Crippen LogP contribution in [0, 0.1) is 0 Å². The molecule has 1 atom stereocenters. The first-order chi connectivity index (χ1) is 16.1. The fourth-order valence-electron chi connectivity index (χ4n) is 3.52. The molecule has 3 aromatic carbocycles. The number of benzodiazepines with no additional fused rings is 1. The number of para-hydroxylation sites is 1. The summed E-state index contributed by atoms with van der Waals surface area (Å²) >= 11 is 5.92. The molecule has 0 fully saturated rings. The van der Waals surface area contributed by atoms with Crippen LogP contribution in [0.25, 0.3) is 0 Å². The summed E-state index contributed by atoms with van der Waals surface area (Å²) in [5.74, 6) is -0.493. The van der Waals surface area contributed by atoms with Crippen molar-refractivity contribution in [3.63, 3.8) is 0 Å². The van der Waals surface area contributed by atoms with Crippen LogP contribution in [0.3, 0.4) is 0 Å². The summed E-state index contributed by atoms with van der Waals surface area (Å²) in [6, 6.07) is 18.1. The molecule has 10 heteroatoms. The maximum atomic E-state index is 13.1. The van der Waals surface area contributed by atoms with E-state index in [1.165, 1.54) is 4.90 Å².